The Morgan fingerprint density at radius 1 is 0.864 bits per heavy atom. The number of hydrogen-bond donors (Lipinski definition) is 1. The molecule has 0 amide bonds. The monoisotopic (exact) mass is 294 g/mol. The summed E-state index contributed by atoms with van der Waals surface area (Å²) in [6.45, 7) is 12.3. The Balaban J connectivity index is 0.000000330. The SMILES string of the molecule is C=CC=C.C=Cc1ccccc1.CCC(O)c1ccccc1. The molecule has 0 saturated carbocycles. The first-order chi connectivity index (χ1) is 10.7. The van der Waals surface area contributed by atoms with Crippen LogP contribution in [-0.2, 0) is 0 Å². The summed E-state index contributed by atoms with van der Waals surface area (Å²) >= 11 is 0. The van der Waals surface area contributed by atoms with Crippen molar-refractivity contribution in [2.75, 3.05) is 0 Å². The van der Waals surface area contributed by atoms with Crippen LogP contribution >= 0.6 is 0 Å². The maximum absolute atomic E-state index is 9.33. The van der Waals surface area contributed by atoms with E-state index in [0.717, 1.165) is 12.0 Å². The summed E-state index contributed by atoms with van der Waals surface area (Å²) in [6, 6.07) is 19.7. The molecule has 2 rings (SSSR count). The minimum absolute atomic E-state index is 0.291. The quantitative estimate of drug-likeness (QED) is 0.705. The third kappa shape index (κ3) is 9.51. The largest absolute Gasteiger partial charge is 0.388 e. The van der Waals surface area contributed by atoms with Crippen LogP contribution in [0, 0.1) is 0 Å². The van der Waals surface area contributed by atoms with E-state index >= 15 is 0 Å². The minimum atomic E-state index is -0.291. The average Bonchev–Trinajstić information content (AvgIpc) is 2.63. The fourth-order valence-corrected chi connectivity index (χ4v) is 1.50. The van der Waals surface area contributed by atoms with Gasteiger partial charge in [0, 0.05) is 0 Å². The van der Waals surface area contributed by atoms with Crippen LogP contribution in [0.25, 0.3) is 6.08 Å². The Morgan fingerprint density at radius 3 is 1.64 bits per heavy atom. The molecule has 2 aromatic carbocycles. The van der Waals surface area contributed by atoms with E-state index in [0.29, 0.717) is 0 Å². The zero-order chi connectivity index (χ0) is 16.6. The number of allylic oxidation sites excluding steroid dienone is 2. The van der Waals surface area contributed by atoms with E-state index in [4.69, 9.17) is 0 Å². The lowest BCUT2D eigenvalue weighted by Gasteiger charge is -2.05. The molecule has 0 spiro atoms. The molecule has 1 unspecified atom stereocenters. The first kappa shape index (κ1) is 19.6. The van der Waals surface area contributed by atoms with Gasteiger partial charge in [-0.15, -0.1) is 0 Å². The summed E-state index contributed by atoms with van der Waals surface area (Å²) in [5.41, 5.74) is 2.18. The van der Waals surface area contributed by atoms with Gasteiger partial charge in [-0.2, -0.15) is 0 Å². The molecule has 0 aliphatic carbocycles. The maximum Gasteiger partial charge on any atom is 0.0787 e. The van der Waals surface area contributed by atoms with E-state index in [9.17, 15) is 5.11 Å². The lowest BCUT2D eigenvalue weighted by atomic mass is 10.1. The summed E-state index contributed by atoms with van der Waals surface area (Å²) < 4.78 is 0. The number of hydrogen-bond acceptors (Lipinski definition) is 1. The maximum atomic E-state index is 9.33. The van der Waals surface area contributed by atoms with Crippen molar-refractivity contribution in [2.45, 2.75) is 19.4 Å². The van der Waals surface area contributed by atoms with Gasteiger partial charge in [0.25, 0.3) is 0 Å². The van der Waals surface area contributed by atoms with Gasteiger partial charge in [-0.25, -0.2) is 0 Å². The van der Waals surface area contributed by atoms with E-state index in [1.165, 1.54) is 5.56 Å². The van der Waals surface area contributed by atoms with Crippen molar-refractivity contribution in [3.63, 3.8) is 0 Å². The second-order valence-corrected chi connectivity index (χ2v) is 4.42. The topological polar surface area (TPSA) is 20.2 Å². The van der Waals surface area contributed by atoms with Gasteiger partial charge in [0.2, 0.25) is 0 Å². The predicted molar refractivity (Wildman–Crippen MR) is 98.6 cm³/mol. The van der Waals surface area contributed by atoms with Crippen LogP contribution in [0.5, 0.6) is 0 Å². The van der Waals surface area contributed by atoms with Gasteiger partial charge >= 0.3 is 0 Å². The van der Waals surface area contributed by atoms with E-state index < -0.39 is 0 Å². The molecule has 1 heteroatoms. The van der Waals surface area contributed by atoms with Crippen molar-refractivity contribution in [3.8, 4) is 0 Å². The number of aliphatic hydroxyl groups is 1. The van der Waals surface area contributed by atoms with E-state index in [1.54, 1.807) is 12.2 Å². The molecule has 0 saturated heterocycles. The molecule has 0 fully saturated rings. The molecule has 0 aromatic heterocycles. The summed E-state index contributed by atoms with van der Waals surface area (Å²) in [4.78, 5) is 0. The second kappa shape index (κ2) is 13.6. The summed E-state index contributed by atoms with van der Waals surface area (Å²) in [7, 11) is 0. The molecular weight excluding hydrogens is 268 g/mol. The van der Waals surface area contributed by atoms with Crippen molar-refractivity contribution in [1.82, 2.24) is 0 Å². The molecule has 0 heterocycles. The van der Waals surface area contributed by atoms with Crippen LogP contribution in [0.15, 0.2) is 92.6 Å². The molecule has 2 aromatic rings. The number of rotatable bonds is 4. The van der Waals surface area contributed by atoms with Crippen molar-refractivity contribution >= 4 is 6.08 Å². The molecule has 0 aliphatic rings. The minimum Gasteiger partial charge on any atom is -0.388 e. The molecule has 1 atom stereocenters. The third-order valence-corrected chi connectivity index (χ3v) is 2.77. The van der Waals surface area contributed by atoms with E-state index in [2.05, 4.69) is 19.7 Å². The highest BCUT2D eigenvalue weighted by molar-refractivity contribution is 5.45. The second-order valence-electron chi connectivity index (χ2n) is 4.42. The normalized spacial score (nSPS) is 9.91. The number of benzene rings is 2. The molecular formula is C21H26O. The Bertz CT molecular complexity index is 508. The van der Waals surface area contributed by atoms with Gasteiger partial charge in [-0.05, 0) is 17.5 Å². The smallest absolute Gasteiger partial charge is 0.0787 e. The lowest BCUT2D eigenvalue weighted by Crippen LogP contribution is -1.93. The van der Waals surface area contributed by atoms with Gasteiger partial charge in [-0.3, -0.25) is 0 Å². The van der Waals surface area contributed by atoms with Crippen molar-refractivity contribution in [1.29, 1.82) is 0 Å². The highest BCUT2D eigenvalue weighted by Gasteiger charge is 2.00. The summed E-state index contributed by atoms with van der Waals surface area (Å²) in [6.07, 6.45) is 5.60. The molecule has 22 heavy (non-hydrogen) atoms. The molecule has 1 nitrogen and oxygen atoms in total. The average molecular weight is 294 g/mol. The third-order valence-electron chi connectivity index (χ3n) is 2.77. The molecule has 0 aliphatic heterocycles. The van der Waals surface area contributed by atoms with Gasteiger partial charge < -0.3 is 5.11 Å². The van der Waals surface area contributed by atoms with Gasteiger partial charge in [0.1, 0.15) is 0 Å². The molecule has 116 valence electrons. The summed E-state index contributed by atoms with van der Waals surface area (Å²) in [5.74, 6) is 0. The van der Waals surface area contributed by atoms with Crippen molar-refractivity contribution < 1.29 is 5.11 Å². The van der Waals surface area contributed by atoms with Crippen LogP contribution < -0.4 is 0 Å². The lowest BCUT2D eigenvalue weighted by molar-refractivity contribution is 0.173. The van der Waals surface area contributed by atoms with Crippen LogP contribution in [0.1, 0.15) is 30.6 Å². The van der Waals surface area contributed by atoms with Crippen LogP contribution in [0.4, 0.5) is 0 Å². The Kier molecular flexibility index (Phi) is 12.1. The van der Waals surface area contributed by atoms with Crippen molar-refractivity contribution in [2.24, 2.45) is 0 Å². The van der Waals surface area contributed by atoms with E-state index in [1.807, 2.05) is 73.7 Å². The zero-order valence-electron chi connectivity index (χ0n) is 13.4. The first-order valence-electron chi connectivity index (χ1n) is 7.33. The van der Waals surface area contributed by atoms with Crippen LogP contribution in [0.2, 0.25) is 0 Å². The standard InChI is InChI=1S/C9H12O.C8H8.C4H6/c1-2-9(10)8-6-4-3-5-7-8;1-2-8-6-4-3-5-7-8;1-3-4-2/h3-7,9-10H,2H2,1H3;2-7H,1H2;3-4H,1-2H2. The molecule has 1 N–H and O–H groups in total. The first-order valence-corrected chi connectivity index (χ1v) is 7.33. The highest BCUT2D eigenvalue weighted by atomic mass is 16.3. The van der Waals surface area contributed by atoms with Crippen LogP contribution in [-0.4, -0.2) is 5.11 Å². The van der Waals surface area contributed by atoms with Gasteiger partial charge in [0.15, 0.2) is 0 Å². The molecule has 0 radical (unpaired) electrons. The van der Waals surface area contributed by atoms with Gasteiger partial charge in [0.05, 0.1) is 6.10 Å². The van der Waals surface area contributed by atoms with E-state index in [-0.39, 0.29) is 6.10 Å². The summed E-state index contributed by atoms with van der Waals surface area (Å²) in [5, 5.41) is 9.33. The highest BCUT2D eigenvalue weighted by Crippen LogP contribution is 2.14. The Hall–Kier alpha value is -2.38. The van der Waals surface area contributed by atoms with Crippen molar-refractivity contribution in [3.05, 3.63) is 104 Å². The molecule has 0 bridgehead atoms. The predicted octanol–water partition coefficient (Wildman–Crippen LogP) is 5.82. The van der Waals surface area contributed by atoms with Crippen LogP contribution in [0.3, 0.4) is 0 Å². The fraction of sp³-hybridized carbons (Fsp3) is 0.143. The Morgan fingerprint density at radius 2 is 1.32 bits per heavy atom. The van der Waals surface area contributed by atoms with Gasteiger partial charge in [-0.1, -0.05) is 106 Å². The Labute approximate surface area is 135 Å². The number of aliphatic hydroxyl groups excluding tert-OH is 1. The fourth-order valence-electron chi connectivity index (χ4n) is 1.50. The zero-order valence-corrected chi connectivity index (χ0v) is 13.4.